The SMILES string of the molecule is CCOC(=O)[C@@H](OC(C)(C)C)c1c(C)nc2cc3nn2c1N1CCC(C)(CC1)OCCC[C@H](C)Oc1ccc(F)cc1-c1cccc-3c1. The second-order valence-corrected chi connectivity index (χ2v) is 14.2. The smallest absolute Gasteiger partial charge is 0.340 e. The van der Waals surface area contributed by atoms with Crippen LogP contribution in [0.25, 0.3) is 28.0 Å². The first-order chi connectivity index (χ1) is 22.8. The molecular weight excluding hydrogens is 611 g/mol. The number of carbonyl (C=O) groups is 1. The van der Waals surface area contributed by atoms with Gasteiger partial charge in [-0.1, -0.05) is 18.2 Å². The summed E-state index contributed by atoms with van der Waals surface area (Å²) < 4.78 is 41.4. The Bertz CT molecular complexity index is 1790. The molecule has 0 N–H and O–H groups in total. The number of hydrogen-bond donors (Lipinski definition) is 0. The first-order valence-corrected chi connectivity index (χ1v) is 17.0. The summed E-state index contributed by atoms with van der Waals surface area (Å²) in [6.45, 7) is 15.9. The highest BCUT2D eigenvalue weighted by Crippen LogP contribution is 2.40. The molecule has 0 aliphatic carbocycles. The van der Waals surface area contributed by atoms with Crippen molar-refractivity contribution in [2.45, 2.75) is 97.6 Å². The van der Waals surface area contributed by atoms with Crippen LogP contribution in [0.5, 0.6) is 5.75 Å². The third kappa shape index (κ3) is 7.20. The lowest BCUT2D eigenvalue weighted by Gasteiger charge is -2.41. The minimum Gasteiger partial charge on any atom is -0.490 e. The maximum absolute atomic E-state index is 14.6. The molecule has 1 saturated heterocycles. The molecule has 1 fully saturated rings. The standard InChI is InChI=1S/C38H47FN4O5/c1-8-45-36(44)34(48-37(4,5)6)33-25(3)40-32-23-30-27-13-9-12-26(21-27)29-22-28(39)14-15-31(29)47-24(2)11-10-20-46-38(7)16-18-42(19-17-38)35(33)43(32)41-30/h9,12-15,21-24,34H,8,10-11,16-20H2,1-7H3/t24-,34-/m0/s1. The van der Waals surface area contributed by atoms with Crippen molar-refractivity contribution in [3.05, 3.63) is 65.6 Å². The van der Waals surface area contributed by atoms with E-state index in [1.807, 2.05) is 69.5 Å². The molecule has 3 aliphatic heterocycles. The van der Waals surface area contributed by atoms with E-state index in [0.717, 1.165) is 42.6 Å². The molecule has 2 aromatic carbocycles. The molecule has 0 unspecified atom stereocenters. The molecule has 10 heteroatoms. The third-order valence-corrected chi connectivity index (χ3v) is 9.10. The average molecular weight is 659 g/mol. The van der Waals surface area contributed by atoms with Crippen molar-refractivity contribution >= 4 is 17.4 Å². The number of aryl methyl sites for hydroxylation is 1. The topological polar surface area (TPSA) is 87.4 Å². The normalized spacial score (nSPS) is 20.8. The molecule has 2 aromatic heterocycles. The van der Waals surface area contributed by atoms with Gasteiger partial charge >= 0.3 is 5.97 Å². The van der Waals surface area contributed by atoms with E-state index in [2.05, 4.69) is 11.8 Å². The minimum absolute atomic E-state index is 0.0799. The summed E-state index contributed by atoms with van der Waals surface area (Å²) >= 11 is 0. The van der Waals surface area contributed by atoms with E-state index in [0.29, 0.717) is 53.6 Å². The zero-order valence-corrected chi connectivity index (χ0v) is 29.1. The molecule has 0 saturated carbocycles. The third-order valence-electron chi connectivity index (χ3n) is 9.10. The monoisotopic (exact) mass is 658 g/mol. The maximum Gasteiger partial charge on any atom is 0.340 e. The summed E-state index contributed by atoms with van der Waals surface area (Å²) in [4.78, 5) is 20.8. The molecule has 0 amide bonds. The van der Waals surface area contributed by atoms with Crippen molar-refractivity contribution in [1.29, 1.82) is 0 Å². The Kier molecular flexibility index (Phi) is 9.51. The number of ether oxygens (including phenoxy) is 4. The van der Waals surface area contributed by atoms with Gasteiger partial charge in [0.1, 0.15) is 17.4 Å². The predicted octanol–water partition coefficient (Wildman–Crippen LogP) is 7.87. The van der Waals surface area contributed by atoms with Crippen LogP contribution in [0.3, 0.4) is 0 Å². The number of hydrogen-bond acceptors (Lipinski definition) is 8. The second kappa shape index (κ2) is 13.5. The number of carbonyl (C=O) groups excluding carboxylic acids is 1. The molecule has 9 nitrogen and oxygen atoms in total. The van der Waals surface area contributed by atoms with E-state index in [1.54, 1.807) is 13.0 Å². The molecule has 3 aliphatic rings. The minimum atomic E-state index is -1.01. The highest BCUT2D eigenvalue weighted by atomic mass is 19.1. The van der Waals surface area contributed by atoms with Crippen LogP contribution in [0.2, 0.25) is 0 Å². The summed E-state index contributed by atoms with van der Waals surface area (Å²) in [6, 6.07) is 14.5. The molecule has 2 atom stereocenters. The zero-order valence-electron chi connectivity index (χ0n) is 29.1. The van der Waals surface area contributed by atoms with Gasteiger partial charge in [0.2, 0.25) is 0 Å². The summed E-state index contributed by atoms with van der Waals surface area (Å²) in [5.41, 5.74) is 4.05. The Morgan fingerprint density at radius 2 is 1.88 bits per heavy atom. The lowest BCUT2D eigenvalue weighted by Crippen LogP contribution is -2.46. The van der Waals surface area contributed by atoms with Crippen molar-refractivity contribution < 1.29 is 28.1 Å². The van der Waals surface area contributed by atoms with Gasteiger partial charge in [0.15, 0.2) is 11.8 Å². The molecule has 0 spiro atoms. The Hall–Kier alpha value is -4.02. The summed E-state index contributed by atoms with van der Waals surface area (Å²) in [7, 11) is 0. The number of fused-ring (bicyclic) bond motifs is 7. The Balaban J connectivity index is 1.55. The summed E-state index contributed by atoms with van der Waals surface area (Å²) in [6.07, 6.45) is 2.13. The van der Waals surface area contributed by atoms with E-state index in [1.165, 1.54) is 12.1 Å². The van der Waals surface area contributed by atoms with E-state index >= 15 is 0 Å². The van der Waals surface area contributed by atoms with Gasteiger partial charge in [-0.2, -0.15) is 9.61 Å². The second-order valence-electron chi connectivity index (χ2n) is 14.2. The largest absolute Gasteiger partial charge is 0.490 e. The molecule has 48 heavy (non-hydrogen) atoms. The van der Waals surface area contributed by atoms with E-state index in [4.69, 9.17) is 29.0 Å². The van der Waals surface area contributed by atoms with Gasteiger partial charge in [0, 0.05) is 42.6 Å². The van der Waals surface area contributed by atoms with Crippen LogP contribution >= 0.6 is 0 Å². The van der Waals surface area contributed by atoms with Gasteiger partial charge < -0.3 is 23.8 Å². The molecule has 7 rings (SSSR count). The van der Waals surface area contributed by atoms with Gasteiger partial charge in [0.05, 0.1) is 35.2 Å². The first kappa shape index (κ1) is 33.9. The van der Waals surface area contributed by atoms with Crippen LogP contribution in [0.1, 0.15) is 84.6 Å². The molecule has 256 valence electrons. The number of esters is 1. The Labute approximate surface area is 282 Å². The predicted molar refractivity (Wildman–Crippen MR) is 184 cm³/mol. The first-order valence-electron chi connectivity index (χ1n) is 17.0. The van der Waals surface area contributed by atoms with E-state index < -0.39 is 17.7 Å². The quantitative estimate of drug-likeness (QED) is 0.205. The van der Waals surface area contributed by atoms with Crippen molar-refractivity contribution in [3.8, 4) is 28.1 Å². The lowest BCUT2D eigenvalue weighted by atomic mass is 9.92. The molecule has 0 radical (unpaired) electrons. The van der Waals surface area contributed by atoms with Crippen LogP contribution in [0.4, 0.5) is 10.2 Å². The van der Waals surface area contributed by atoms with Gasteiger partial charge in [0.25, 0.3) is 0 Å². The van der Waals surface area contributed by atoms with Crippen LogP contribution in [0.15, 0.2) is 48.5 Å². The van der Waals surface area contributed by atoms with Crippen LogP contribution in [-0.4, -0.2) is 64.2 Å². The zero-order chi connectivity index (χ0) is 34.2. The average Bonchev–Trinajstić information content (AvgIpc) is 3.46. The Morgan fingerprint density at radius 1 is 1.12 bits per heavy atom. The van der Waals surface area contributed by atoms with Crippen molar-refractivity contribution in [2.75, 3.05) is 31.2 Å². The van der Waals surface area contributed by atoms with E-state index in [9.17, 15) is 9.18 Å². The molecule has 4 aromatic rings. The Morgan fingerprint density at radius 3 is 2.60 bits per heavy atom. The number of halogens is 1. The van der Waals surface area contributed by atoms with Gasteiger partial charge in [-0.15, -0.1) is 0 Å². The number of anilines is 1. The summed E-state index contributed by atoms with van der Waals surface area (Å²) in [5, 5.41) is 5.12. The van der Waals surface area contributed by atoms with Crippen molar-refractivity contribution in [2.24, 2.45) is 0 Å². The number of benzene rings is 2. The van der Waals surface area contributed by atoms with Gasteiger partial charge in [-0.05, 0) is 104 Å². The fourth-order valence-electron chi connectivity index (χ4n) is 6.64. The molecular formula is C38H47FN4O5. The number of piperidine rings is 1. The van der Waals surface area contributed by atoms with Gasteiger partial charge in [-0.25, -0.2) is 14.2 Å². The summed E-state index contributed by atoms with van der Waals surface area (Å²) in [5.74, 6) is 0.590. The van der Waals surface area contributed by atoms with Gasteiger partial charge in [-0.3, -0.25) is 0 Å². The highest BCUT2D eigenvalue weighted by Gasteiger charge is 2.38. The van der Waals surface area contributed by atoms with E-state index in [-0.39, 0.29) is 24.1 Å². The van der Waals surface area contributed by atoms with Crippen molar-refractivity contribution in [3.63, 3.8) is 0 Å². The lowest BCUT2D eigenvalue weighted by molar-refractivity contribution is -0.166. The fourth-order valence-corrected chi connectivity index (χ4v) is 6.64. The molecule has 6 bridgehead atoms. The highest BCUT2D eigenvalue weighted by molar-refractivity contribution is 5.81. The number of aromatic nitrogens is 3. The number of rotatable bonds is 4. The number of nitrogens with zero attached hydrogens (tertiary/aromatic N) is 4. The maximum atomic E-state index is 14.6. The fraction of sp³-hybridized carbons (Fsp3) is 0.500. The van der Waals surface area contributed by atoms with Crippen molar-refractivity contribution in [1.82, 2.24) is 14.6 Å². The molecule has 5 heterocycles. The van der Waals surface area contributed by atoms with Crippen LogP contribution in [-0.2, 0) is 19.0 Å². The van der Waals surface area contributed by atoms with Crippen LogP contribution < -0.4 is 9.64 Å². The van der Waals surface area contributed by atoms with Crippen LogP contribution in [0, 0.1) is 12.7 Å².